The lowest BCUT2D eigenvalue weighted by atomic mass is 10.1. The van der Waals surface area contributed by atoms with Crippen LogP contribution in [0.15, 0.2) is 53.5 Å². The summed E-state index contributed by atoms with van der Waals surface area (Å²) in [7, 11) is 3.50. The molecule has 1 aliphatic heterocycles. The van der Waals surface area contributed by atoms with Crippen LogP contribution in [-0.4, -0.2) is 42.3 Å². The van der Waals surface area contributed by atoms with Gasteiger partial charge < -0.3 is 10.2 Å². The fraction of sp³-hybridized carbons (Fsp3) is 0.238. The van der Waals surface area contributed by atoms with Crippen molar-refractivity contribution in [3.63, 3.8) is 0 Å². The molecule has 150 valence electrons. The Kier molecular flexibility index (Phi) is 6.66. The van der Waals surface area contributed by atoms with E-state index in [9.17, 15) is 14.9 Å². The van der Waals surface area contributed by atoms with Crippen molar-refractivity contribution in [2.75, 3.05) is 36.6 Å². The Labute approximate surface area is 173 Å². The highest BCUT2D eigenvalue weighted by Crippen LogP contribution is 2.28. The van der Waals surface area contributed by atoms with Crippen LogP contribution in [0.3, 0.4) is 0 Å². The molecule has 0 aromatic heterocycles. The number of ketones is 1. The predicted octanol–water partition coefficient (Wildman–Crippen LogP) is 4.46. The highest BCUT2D eigenvalue weighted by molar-refractivity contribution is 8.14. The second-order valence-electron chi connectivity index (χ2n) is 6.69. The molecule has 0 bridgehead atoms. The minimum atomic E-state index is -0.422. The Bertz CT molecular complexity index is 968. The molecule has 1 aliphatic rings. The number of allylic oxidation sites excluding steroid dienone is 1. The second kappa shape index (κ2) is 9.38. The van der Waals surface area contributed by atoms with Crippen molar-refractivity contribution in [1.29, 1.82) is 0 Å². The topological polar surface area (TPSA) is 87.8 Å². The normalized spacial score (nSPS) is 13.8. The minimum absolute atomic E-state index is 0.00326. The SMILES string of the molecule is CN(C)c1ccc(/C=C/C(=O)c2ccc(NC3=NCCCS3)cc2)cc1[N+](=O)[O-]. The number of nitrogens with zero attached hydrogens (tertiary/aromatic N) is 3. The molecule has 1 heterocycles. The maximum atomic E-state index is 12.4. The lowest BCUT2D eigenvalue weighted by Gasteiger charge is -2.13. The second-order valence-corrected chi connectivity index (χ2v) is 7.77. The molecule has 2 aromatic carbocycles. The van der Waals surface area contributed by atoms with Gasteiger partial charge in [0.25, 0.3) is 5.69 Å². The van der Waals surface area contributed by atoms with Gasteiger partial charge in [0.15, 0.2) is 11.0 Å². The maximum absolute atomic E-state index is 12.4. The number of carbonyl (C=O) groups excluding carboxylic acids is 1. The van der Waals surface area contributed by atoms with Crippen molar-refractivity contribution in [2.45, 2.75) is 6.42 Å². The highest BCUT2D eigenvalue weighted by Gasteiger charge is 2.15. The lowest BCUT2D eigenvalue weighted by molar-refractivity contribution is -0.384. The Hall–Kier alpha value is -3.13. The zero-order valence-corrected chi connectivity index (χ0v) is 17.1. The Balaban J connectivity index is 1.69. The number of nitro groups is 1. The van der Waals surface area contributed by atoms with Gasteiger partial charge in [-0.15, -0.1) is 0 Å². The molecule has 0 aliphatic carbocycles. The fourth-order valence-electron chi connectivity index (χ4n) is 2.81. The predicted molar refractivity (Wildman–Crippen MR) is 120 cm³/mol. The quantitative estimate of drug-likeness (QED) is 0.327. The molecule has 29 heavy (non-hydrogen) atoms. The third-order valence-electron chi connectivity index (χ3n) is 4.32. The van der Waals surface area contributed by atoms with Crippen LogP contribution in [0, 0.1) is 10.1 Å². The smallest absolute Gasteiger partial charge is 0.293 e. The zero-order valence-electron chi connectivity index (χ0n) is 16.3. The van der Waals surface area contributed by atoms with Crippen LogP contribution in [0.4, 0.5) is 17.1 Å². The number of hydrogen-bond donors (Lipinski definition) is 1. The van der Waals surface area contributed by atoms with Gasteiger partial charge in [0, 0.05) is 43.7 Å². The van der Waals surface area contributed by atoms with E-state index < -0.39 is 4.92 Å². The van der Waals surface area contributed by atoms with E-state index in [1.807, 2.05) is 12.1 Å². The third-order valence-corrected chi connectivity index (χ3v) is 5.32. The molecular formula is C21H22N4O3S. The molecule has 7 nitrogen and oxygen atoms in total. The number of carbonyl (C=O) groups is 1. The van der Waals surface area contributed by atoms with Crippen LogP contribution in [0.2, 0.25) is 0 Å². The largest absolute Gasteiger partial charge is 0.372 e. The first-order valence-corrected chi connectivity index (χ1v) is 10.1. The molecule has 8 heteroatoms. The lowest BCUT2D eigenvalue weighted by Crippen LogP contribution is -2.13. The summed E-state index contributed by atoms with van der Waals surface area (Å²) in [5.41, 5.74) is 2.55. The van der Waals surface area contributed by atoms with Gasteiger partial charge in [-0.1, -0.05) is 23.9 Å². The Morgan fingerprint density at radius 3 is 2.62 bits per heavy atom. The molecule has 2 aromatic rings. The molecular weight excluding hydrogens is 388 g/mol. The van der Waals surface area contributed by atoms with Crippen molar-refractivity contribution in [2.24, 2.45) is 4.99 Å². The fourth-order valence-corrected chi connectivity index (χ4v) is 3.65. The van der Waals surface area contributed by atoms with Crippen LogP contribution < -0.4 is 10.2 Å². The third kappa shape index (κ3) is 5.45. The van der Waals surface area contributed by atoms with Crippen molar-refractivity contribution >= 4 is 45.9 Å². The van der Waals surface area contributed by atoms with Gasteiger partial charge in [-0.25, -0.2) is 0 Å². The molecule has 0 radical (unpaired) electrons. The van der Waals surface area contributed by atoms with Gasteiger partial charge in [-0.05, 0) is 48.4 Å². The van der Waals surface area contributed by atoms with Crippen molar-refractivity contribution < 1.29 is 9.72 Å². The number of anilines is 2. The molecule has 0 spiro atoms. The number of rotatable bonds is 6. The first-order chi connectivity index (χ1) is 13.9. The van der Waals surface area contributed by atoms with Crippen molar-refractivity contribution in [3.05, 3.63) is 69.8 Å². The molecule has 1 N–H and O–H groups in total. The first kappa shape index (κ1) is 20.6. The van der Waals surface area contributed by atoms with Gasteiger partial charge in [-0.2, -0.15) is 0 Å². The summed E-state index contributed by atoms with van der Waals surface area (Å²) in [6.45, 7) is 0.838. The van der Waals surface area contributed by atoms with E-state index in [1.165, 1.54) is 12.1 Å². The maximum Gasteiger partial charge on any atom is 0.293 e. The summed E-state index contributed by atoms with van der Waals surface area (Å²) in [6, 6.07) is 12.1. The summed E-state index contributed by atoms with van der Waals surface area (Å²) in [6.07, 6.45) is 4.11. The summed E-state index contributed by atoms with van der Waals surface area (Å²) in [4.78, 5) is 29.4. The number of aliphatic imine (C=N–C) groups is 1. The summed E-state index contributed by atoms with van der Waals surface area (Å²) in [5, 5.41) is 15.4. The number of thioether (sulfide) groups is 1. The van der Waals surface area contributed by atoms with E-state index in [0.29, 0.717) is 16.8 Å². The van der Waals surface area contributed by atoms with Gasteiger partial charge in [-0.3, -0.25) is 19.9 Å². The number of nitro benzene ring substituents is 1. The molecule has 3 rings (SSSR count). The van der Waals surface area contributed by atoms with E-state index >= 15 is 0 Å². The van der Waals surface area contributed by atoms with Crippen LogP contribution >= 0.6 is 11.8 Å². The Morgan fingerprint density at radius 1 is 1.24 bits per heavy atom. The van der Waals surface area contributed by atoms with E-state index in [4.69, 9.17) is 0 Å². The highest BCUT2D eigenvalue weighted by atomic mass is 32.2. The number of hydrogen-bond acceptors (Lipinski definition) is 7. The van der Waals surface area contributed by atoms with Crippen molar-refractivity contribution in [3.8, 4) is 0 Å². The molecule has 0 atom stereocenters. The average molecular weight is 410 g/mol. The van der Waals surface area contributed by atoms with Gasteiger partial charge in [0.2, 0.25) is 0 Å². The monoisotopic (exact) mass is 410 g/mol. The van der Waals surface area contributed by atoms with E-state index in [1.54, 1.807) is 61.1 Å². The number of amidine groups is 1. The van der Waals surface area contributed by atoms with Crippen LogP contribution in [0.1, 0.15) is 22.3 Å². The molecule has 0 saturated carbocycles. The summed E-state index contributed by atoms with van der Waals surface area (Å²) >= 11 is 1.69. The van der Waals surface area contributed by atoms with Gasteiger partial charge in [0.1, 0.15) is 5.69 Å². The van der Waals surface area contributed by atoms with Gasteiger partial charge in [0.05, 0.1) is 4.92 Å². The molecule has 0 unspecified atom stereocenters. The number of nitrogens with one attached hydrogen (secondary N) is 1. The summed E-state index contributed by atoms with van der Waals surface area (Å²) < 4.78 is 0. The van der Waals surface area contributed by atoms with Crippen molar-refractivity contribution in [1.82, 2.24) is 0 Å². The molecule has 0 amide bonds. The van der Waals surface area contributed by atoms with Gasteiger partial charge >= 0.3 is 0 Å². The number of benzene rings is 2. The minimum Gasteiger partial charge on any atom is -0.372 e. The van der Waals surface area contributed by atoms with E-state index in [-0.39, 0.29) is 11.5 Å². The average Bonchev–Trinajstić information content (AvgIpc) is 2.73. The zero-order chi connectivity index (χ0) is 20.8. The summed E-state index contributed by atoms with van der Waals surface area (Å²) in [5.74, 6) is 0.890. The van der Waals surface area contributed by atoms with E-state index in [0.717, 1.165) is 29.6 Å². The van der Waals surface area contributed by atoms with E-state index in [2.05, 4.69) is 10.3 Å². The molecule has 0 fully saturated rings. The standard InChI is InChI=1S/C21H22N4O3S/c1-24(2)18-10-4-15(14-19(18)25(27)28)5-11-20(26)16-6-8-17(9-7-16)23-21-22-12-3-13-29-21/h4-11,14H,3,12-13H2,1-2H3,(H,22,23)/b11-5+. The van der Waals surface area contributed by atoms with Crippen LogP contribution in [-0.2, 0) is 0 Å². The van der Waals surface area contributed by atoms with Crippen LogP contribution in [0.25, 0.3) is 6.08 Å². The van der Waals surface area contributed by atoms with Crippen LogP contribution in [0.5, 0.6) is 0 Å². The Morgan fingerprint density at radius 2 is 2.00 bits per heavy atom. The first-order valence-electron chi connectivity index (χ1n) is 9.16. The molecule has 0 saturated heterocycles.